The van der Waals surface area contributed by atoms with E-state index in [-0.39, 0.29) is 17.4 Å². The average molecular weight is 333 g/mol. The van der Waals surface area contributed by atoms with Gasteiger partial charge in [0.2, 0.25) is 5.91 Å². The lowest BCUT2D eigenvalue weighted by molar-refractivity contribution is -0.136. The zero-order valence-electron chi connectivity index (χ0n) is 15.4. The molecule has 22 heavy (non-hydrogen) atoms. The van der Waals surface area contributed by atoms with Crippen LogP contribution in [0.5, 0.6) is 0 Å². The molecule has 0 saturated carbocycles. The molecule has 1 N–H and O–H groups in total. The van der Waals surface area contributed by atoms with Gasteiger partial charge in [-0.15, -0.1) is 0 Å². The van der Waals surface area contributed by atoms with Crippen LogP contribution in [0.3, 0.4) is 0 Å². The number of nitrogens with one attached hydrogen (secondary N) is 1. The normalized spacial score (nSPS) is 15.8. The summed E-state index contributed by atoms with van der Waals surface area (Å²) in [4.78, 5) is 17.2. The van der Waals surface area contributed by atoms with Gasteiger partial charge < -0.3 is 9.64 Å². The van der Waals surface area contributed by atoms with Gasteiger partial charge in [-0.1, -0.05) is 40.7 Å². The summed E-state index contributed by atoms with van der Waals surface area (Å²) in [7, 11) is 1.84. The molecule has 0 aromatic rings. The summed E-state index contributed by atoms with van der Waals surface area (Å²) in [6.45, 7) is 15.5. The van der Waals surface area contributed by atoms with Crippen molar-refractivity contribution in [3.63, 3.8) is 0 Å². The Labute approximate surface area is 141 Å². The quantitative estimate of drug-likeness (QED) is 0.545. The first kappa shape index (κ1) is 21.4. The summed E-state index contributed by atoms with van der Waals surface area (Å²) in [6, 6.07) is -0.413. The molecule has 0 aromatic heterocycles. The van der Waals surface area contributed by atoms with E-state index in [4.69, 9.17) is 16.5 Å². The molecule has 0 aliphatic rings. The van der Waals surface area contributed by atoms with Crippen LogP contribution in [0.15, 0.2) is 11.6 Å². The van der Waals surface area contributed by atoms with Crippen molar-refractivity contribution in [1.82, 2.24) is 9.74 Å². The number of ether oxygens (including phenoxy) is 1. The first-order valence-electron chi connectivity index (χ1n) is 7.94. The van der Waals surface area contributed by atoms with E-state index >= 15 is 0 Å². The van der Waals surface area contributed by atoms with Crippen LogP contribution in [-0.4, -0.2) is 43.2 Å². The summed E-state index contributed by atoms with van der Waals surface area (Å²) in [5.74, 6) is 0.308. The van der Waals surface area contributed by atoms with Crippen LogP contribution >= 0.6 is 11.8 Å². The van der Waals surface area contributed by atoms with Crippen LogP contribution in [0, 0.1) is 11.3 Å². The zero-order chi connectivity index (χ0) is 17.5. The minimum absolute atomic E-state index is 0.00154. The maximum absolute atomic E-state index is 12.8. The Balaban J connectivity index is 5.22. The number of likely N-dealkylation sites (N-methyl/N-ethyl adjacent to an activating group) is 1. The van der Waals surface area contributed by atoms with Gasteiger partial charge in [0.15, 0.2) is 0 Å². The SMILES string of the molecule is CCOC/C(C)=C/[C@H](C(C)C)N(C)C(=O)C(NCl)C(C)(C)C. The van der Waals surface area contributed by atoms with Crippen molar-refractivity contribution in [3.8, 4) is 0 Å². The number of rotatable bonds is 8. The predicted octanol–water partition coefficient (Wildman–Crippen LogP) is 3.61. The Kier molecular flexibility index (Phi) is 9.28. The van der Waals surface area contributed by atoms with Crippen molar-refractivity contribution in [3.05, 3.63) is 11.6 Å². The van der Waals surface area contributed by atoms with Crippen molar-refractivity contribution < 1.29 is 9.53 Å². The third-order valence-electron chi connectivity index (χ3n) is 3.69. The molecule has 2 atom stereocenters. The Hall–Kier alpha value is -0.580. The second-order valence-corrected chi connectivity index (χ2v) is 7.46. The van der Waals surface area contributed by atoms with E-state index in [0.717, 1.165) is 5.57 Å². The minimum Gasteiger partial charge on any atom is -0.377 e. The number of halogens is 1. The van der Waals surface area contributed by atoms with Gasteiger partial charge >= 0.3 is 0 Å². The number of carbonyl (C=O) groups is 1. The first-order chi connectivity index (χ1) is 10.1. The van der Waals surface area contributed by atoms with Crippen molar-refractivity contribution in [2.24, 2.45) is 11.3 Å². The number of hydrogen-bond acceptors (Lipinski definition) is 3. The van der Waals surface area contributed by atoms with Gasteiger partial charge in [0.05, 0.1) is 12.6 Å². The fourth-order valence-corrected chi connectivity index (χ4v) is 2.71. The molecule has 1 amide bonds. The summed E-state index contributed by atoms with van der Waals surface area (Å²) in [5, 5.41) is 0. The largest absolute Gasteiger partial charge is 0.377 e. The van der Waals surface area contributed by atoms with Gasteiger partial charge in [0.1, 0.15) is 6.04 Å². The predicted molar refractivity (Wildman–Crippen MR) is 93.9 cm³/mol. The third-order valence-corrected chi connectivity index (χ3v) is 3.91. The van der Waals surface area contributed by atoms with Crippen molar-refractivity contribution in [1.29, 1.82) is 0 Å². The lowest BCUT2D eigenvalue weighted by Crippen LogP contribution is -2.52. The van der Waals surface area contributed by atoms with Crippen molar-refractivity contribution in [2.45, 2.75) is 60.5 Å². The molecule has 1 unspecified atom stereocenters. The summed E-state index contributed by atoms with van der Waals surface area (Å²) < 4.78 is 5.43. The molecule has 0 aromatic carbocycles. The van der Waals surface area contributed by atoms with E-state index in [1.165, 1.54) is 0 Å². The van der Waals surface area contributed by atoms with Gasteiger partial charge in [-0.05, 0) is 42.5 Å². The molecule has 0 rings (SSSR count). The Morgan fingerprint density at radius 2 is 1.91 bits per heavy atom. The van der Waals surface area contributed by atoms with Crippen LogP contribution in [-0.2, 0) is 9.53 Å². The van der Waals surface area contributed by atoms with E-state index < -0.39 is 6.04 Å². The van der Waals surface area contributed by atoms with Gasteiger partial charge in [0, 0.05) is 13.7 Å². The molecule has 4 nitrogen and oxygen atoms in total. The monoisotopic (exact) mass is 332 g/mol. The maximum Gasteiger partial charge on any atom is 0.241 e. The smallest absolute Gasteiger partial charge is 0.241 e. The average Bonchev–Trinajstić information content (AvgIpc) is 2.40. The topological polar surface area (TPSA) is 41.6 Å². The van der Waals surface area contributed by atoms with Gasteiger partial charge in [-0.25, -0.2) is 4.84 Å². The number of amides is 1. The van der Waals surface area contributed by atoms with Crippen molar-refractivity contribution in [2.75, 3.05) is 20.3 Å². The van der Waals surface area contributed by atoms with Crippen LogP contribution in [0.25, 0.3) is 0 Å². The Morgan fingerprint density at radius 1 is 1.36 bits per heavy atom. The highest BCUT2D eigenvalue weighted by Gasteiger charge is 2.35. The van der Waals surface area contributed by atoms with Crippen LogP contribution in [0.1, 0.15) is 48.5 Å². The van der Waals surface area contributed by atoms with Crippen molar-refractivity contribution >= 4 is 17.7 Å². The fraction of sp³-hybridized carbons (Fsp3) is 0.824. The standard InChI is InChI=1S/C17H33ClN2O2/c1-9-22-11-13(4)10-14(12(2)3)20(8)16(21)15(19-18)17(5,6)7/h10,12,14-15,19H,9,11H2,1-8H3/b13-10+/t14-,15?/m1/s1. The molecule has 0 aliphatic heterocycles. The fourth-order valence-electron chi connectivity index (χ4n) is 2.29. The molecule has 5 heteroatoms. The second kappa shape index (κ2) is 9.53. The molecule has 0 spiro atoms. The van der Waals surface area contributed by atoms with Gasteiger partial charge in [-0.2, -0.15) is 0 Å². The van der Waals surface area contributed by atoms with E-state index in [1.807, 2.05) is 41.7 Å². The minimum atomic E-state index is -0.430. The third kappa shape index (κ3) is 6.67. The molecule has 0 radical (unpaired) electrons. The second-order valence-electron chi connectivity index (χ2n) is 7.24. The summed E-state index contributed by atoms with van der Waals surface area (Å²) in [6.07, 6.45) is 2.12. The van der Waals surface area contributed by atoms with E-state index in [0.29, 0.717) is 19.1 Å². The highest BCUT2D eigenvalue weighted by atomic mass is 35.5. The first-order valence-corrected chi connectivity index (χ1v) is 8.31. The van der Waals surface area contributed by atoms with Crippen LogP contribution in [0.4, 0.5) is 0 Å². The lowest BCUT2D eigenvalue weighted by Gasteiger charge is -2.36. The molecule has 0 bridgehead atoms. The van der Waals surface area contributed by atoms with E-state index in [1.54, 1.807) is 4.90 Å². The molecule has 0 heterocycles. The van der Waals surface area contributed by atoms with Crippen LogP contribution in [0.2, 0.25) is 0 Å². The molecule has 0 fully saturated rings. The van der Waals surface area contributed by atoms with Crippen LogP contribution < -0.4 is 4.84 Å². The Bertz CT molecular complexity index is 375. The van der Waals surface area contributed by atoms with Gasteiger partial charge in [0.25, 0.3) is 0 Å². The van der Waals surface area contributed by atoms with E-state index in [9.17, 15) is 4.79 Å². The molecule has 0 aliphatic carbocycles. The number of carbonyl (C=O) groups excluding carboxylic acids is 1. The zero-order valence-corrected chi connectivity index (χ0v) is 16.1. The Morgan fingerprint density at radius 3 is 2.27 bits per heavy atom. The molecule has 130 valence electrons. The maximum atomic E-state index is 12.8. The molecular formula is C17H33ClN2O2. The number of hydrogen-bond donors (Lipinski definition) is 1. The van der Waals surface area contributed by atoms with E-state index in [2.05, 4.69) is 24.8 Å². The number of nitrogens with zero attached hydrogens (tertiary/aromatic N) is 1. The molecular weight excluding hydrogens is 300 g/mol. The highest BCUT2D eigenvalue weighted by Crippen LogP contribution is 2.23. The highest BCUT2D eigenvalue weighted by molar-refractivity contribution is 6.15. The van der Waals surface area contributed by atoms with Gasteiger partial charge in [-0.3, -0.25) is 4.79 Å². The summed E-state index contributed by atoms with van der Waals surface area (Å²) >= 11 is 5.82. The molecule has 0 saturated heterocycles. The lowest BCUT2D eigenvalue weighted by atomic mass is 9.86. The summed E-state index contributed by atoms with van der Waals surface area (Å²) in [5.41, 5.74) is 0.880.